The number of rotatable bonds is 12. The summed E-state index contributed by atoms with van der Waals surface area (Å²) in [5.41, 5.74) is 0.999. The van der Waals surface area contributed by atoms with Gasteiger partial charge in [0.2, 0.25) is 0 Å². The molecule has 142 valence electrons. The lowest BCUT2D eigenvalue weighted by Gasteiger charge is -2.18. The molecule has 25 heavy (non-hydrogen) atoms. The Balaban J connectivity index is 2.66. The maximum Gasteiger partial charge on any atom is 0.322 e. The van der Waals surface area contributed by atoms with Crippen LogP contribution in [0.4, 0.5) is 0 Å². The molecule has 0 aromatic heterocycles. The van der Waals surface area contributed by atoms with E-state index in [0.717, 1.165) is 17.7 Å². The number of methoxy groups -OCH3 is 2. The molecule has 0 aliphatic rings. The van der Waals surface area contributed by atoms with Crippen molar-refractivity contribution in [3.63, 3.8) is 0 Å². The average Bonchev–Trinajstić information content (AvgIpc) is 2.62. The zero-order valence-corrected chi connectivity index (χ0v) is 16.0. The molecule has 0 unspecified atom stereocenters. The maximum absolute atomic E-state index is 11.9. The van der Waals surface area contributed by atoms with E-state index in [1.54, 1.807) is 7.11 Å². The lowest BCUT2D eigenvalue weighted by molar-refractivity contribution is -0.143. The number of nitrogens with one attached hydrogen (secondary N) is 1. The van der Waals surface area contributed by atoms with Gasteiger partial charge in [0.15, 0.2) is 11.5 Å². The van der Waals surface area contributed by atoms with Crippen molar-refractivity contribution in [3.8, 4) is 11.5 Å². The molecule has 1 N–H and O–H groups in total. The van der Waals surface area contributed by atoms with Crippen LogP contribution in [0.1, 0.15) is 39.2 Å². The largest absolute Gasteiger partial charge is 0.493 e. The molecule has 0 amide bonds. The predicted octanol–water partition coefficient (Wildman–Crippen LogP) is 2.93. The number of hydrogen-bond donors (Lipinski definition) is 1. The molecule has 1 aromatic rings. The summed E-state index contributed by atoms with van der Waals surface area (Å²) in [7, 11) is 3.01. The normalized spacial score (nSPS) is 12.1. The van der Waals surface area contributed by atoms with Gasteiger partial charge >= 0.3 is 5.97 Å². The van der Waals surface area contributed by atoms with E-state index < -0.39 is 6.04 Å². The Morgan fingerprint density at radius 3 is 2.52 bits per heavy atom. The van der Waals surface area contributed by atoms with Crippen molar-refractivity contribution in [1.29, 1.82) is 0 Å². The summed E-state index contributed by atoms with van der Waals surface area (Å²) < 4.78 is 21.4. The molecule has 0 saturated heterocycles. The monoisotopic (exact) mass is 353 g/mol. The third kappa shape index (κ3) is 7.75. The first-order chi connectivity index (χ1) is 12.0. The quantitative estimate of drug-likeness (QED) is 0.583. The van der Waals surface area contributed by atoms with Crippen molar-refractivity contribution >= 4 is 5.97 Å². The van der Waals surface area contributed by atoms with Gasteiger partial charge in [-0.2, -0.15) is 0 Å². The van der Waals surface area contributed by atoms with Gasteiger partial charge in [0.1, 0.15) is 6.04 Å². The van der Waals surface area contributed by atoms with Crippen LogP contribution in [0.2, 0.25) is 0 Å². The second-order valence-corrected chi connectivity index (χ2v) is 6.00. The first-order valence-corrected chi connectivity index (χ1v) is 8.74. The molecule has 0 heterocycles. The minimum Gasteiger partial charge on any atom is -0.493 e. The van der Waals surface area contributed by atoms with Gasteiger partial charge < -0.3 is 24.3 Å². The Morgan fingerprint density at radius 2 is 1.92 bits per heavy atom. The van der Waals surface area contributed by atoms with Crippen LogP contribution in [-0.2, 0) is 20.8 Å². The van der Waals surface area contributed by atoms with Gasteiger partial charge in [-0.1, -0.05) is 13.0 Å². The van der Waals surface area contributed by atoms with E-state index in [1.165, 1.54) is 7.11 Å². The lowest BCUT2D eigenvalue weighted by Crippen LogP contribution is -2.38. The van der Waals surface area contributed by atoms with Crippen LogP contribution in [0, 0.1) is 0 Å². The van der Waals surface area contributed by atoms with Crippen molar-refractivity contribution < 1.29 is 23.7 Å². The van der Waals surface area contributed by atoms with E-state index in [0.29, 0.717) is 31.9 Å². The number of carbonyl (C=O) groups is 1. The Kier molecular flexibility index (Phi) is 9.96. The summed E-state index contributed by atoms with van der Waals surface area (Å²) in [6.07, 6.45) is 1.63. The number of carbonyl (C=O) groups excluding carboxylic acids is 1. The van der Waals surface area contributed by atoms with Gasteiger partial charge in [-0.15, -0.1) is 0 Å². The fourth-order valence-corrected chi connectivity index (χ4v) is 2.26. The number of esters is 1. The van der Waals surface area contributed by atoms with Crippen molar-refractivity contribution in [1.82, 2.24) is 5.32 Å². The second kappa shape index (κ2) is 11.7. The molecule has 0 aliphatic carbocycles. The fourth-order valence-electron chi connectivity index (χ4n) is 2.26. The zero-order chi connectivity index (χ0) is 18.7. The molecule has 0 spiro atoms. The Bertz CT molecular complexity index is 519. The van der Waals surface area contributed by atoms with Crippen LogP contribution < -0.4 is 14.8 Å². The van der Waals surface area contributed by atoms with Gasteiger partial charge in [0.05, 0.1) is 26.9 Å². The van der Waals surface area contributed by atoms with Crippen LogP contribution in [-0.4, -0.2) is 45.5 Å². The molecule has 0 bridgehead atoms. The third-order valence-electron chi connectivity index (χ3n) is 3.59. The summed E-state index contributed by atoms with van der Waals surface area (Å²) in [6, 6.07) is 5.35. The topological polar surface area (TPSA) is 66.0 Å². The minimum absolute atomic E-state index is 0.137. The average molecular weight is 353 g/mol. The summed E-state index contributed by atoms with van der Waals surface area (Å²) >= 11 is 0. The molecule has 0 saturated carbocycles. The second-order valence-electron chi connectivity index (χ2n) is 6.00. The first-order valence-electron chi connectivity index (χ1n) is 8.74. The minimum atomic E-state index is -0.411. The van der Waals surface area contributed by atoms with E-state index in [2.05, 4.69) is 12.2 Å². The highest BCUT2D eigenvalue weighted by molar-refractivity contribution is 5.75. The molecule has 1 rings (SSSR count). The molecule has 1 aromatic carbocycles. The third-order valence-corrected chi connectivity index (χ3v) is 3.59. The summed E-state index contributed by atoms with van der Waals surface area (Å²) in [4.78, 5) is 11.9. The number of ether oxygens (including phenoxy) is 4. The summed E-state index contributed by atoms with van der Waals surface area (Å²) in [5, 5.41) is 3.22. The van der Waals surface area contributed by atoms with Gasteiger partial charge in [-0.05, 0) is 44.4 Å². The van der Waals surface area contributed by atoms with Crippen LogP contribution >= 0.6 is 0 Å². The van der Waals surface area contributed by atoms with Crippen LogP contribution in [0.3, 0.4) is 0 Å². The summed E-state index contributed by atoms with van der Waals surface area (Å²) in [6.45, 7) is 7.66. The van der Waals surface area contributed by atoms with Crippen LogP contribution in [0.5, 0.6) is 11.5 Å². The molecule has 0 radical (unpaired) electrons. The smallest absolute Gasteiger partial charge is 0.322 e. The van der Waals surface area contributed by atoms with Crippen molar-refractivity contribution in [2.75, 3.05) is 27.4 Å². The fraction of sp³-hybridized carbons (Fsp3) is 0.632. The van der Waals surface area contributed by atoms with E-state index in [4.69, 9.17) is 18.9 Å². The Labute approximate surface area is 150 Å². The highest BCUT2D eigenvalue weighted by Crippen LogP contribution is 2.28. The van der Waals surface area contributed by atoms with E-state index in [-0.39, 0.29) is 12.1 Å². The Morgan fingerprint density at radius 1 is 1.16 bits per heavy atom. The van der Waals surface area contributed by atoms with Gasteiger partial charge in [-0.3, -0.25) is 4.79 Å². The molecule has 6 nitrogen and oxygen atoms in total. The standard InChI is InChI=1S/C19H31NO5/c1-6-10-25-17-8-7-15(12-18(17)22-4)13-20-16(19(21)23-5)9-11-24-14(2)3/h7-8,12,14,16,20H,6,9-11,13H2,1-5H3/t16-/m1/s1. The van der Waals surface area contributed by atoms with Crippen molar-refractivity contribution in [2.45, 2.75) is 52.3 Å². The first kappa shape index (κ1) is 21.3. The highest BCUT2D eigenvalue weighted by atomic mass is 16.5. The number of benzene rings is 1. The molecular formula is C19H31NO5. The van der Waals surface area contributed by atoms with Crippen LogP contribution in [0.15, 0.2) is 18.2 Å². The predicted molar refractivity (Wildman–Crippen MR) is 97.1 cm³/mol. The molecule has 6 heteroatoms. The van der Waals surface area contributed by atoms with E-state index in [9.17, 15) is 4.79 Å². The van der Waals surface area contributed by atoms with Crippen molar-refractivity contribution in [3.05, 3.63) is 23.8 Å². The highest BCUT2D eigenvalue weighted by Gasteiger charge is 2.19. The maximum atomic E-state index is 11.9. The molecular weight excluding hydrogens is 322 g/mol. The zero-order valence-electron chi connectivity index (χ0n) is 16.0. The van der Waals surface area contributed by atoms with Gasteiger partial charge in [0.25, 0.3) is 0 Å². The van der Waals surface area contributed by atoms with Crippen molar-refractivity contribution in [2.24, 2.45) is 0 Å². The van der Waals surface area contributed by atoms with Gasteiger partial charge in [0, 0.05) is 13.2 Å². The lowest BCUT2D eigenvalue weighted by atomic mass is 10.1. The number of hydrogen-bond acceptors (Lipinski definition) is 6. The molecule has 0 aliphatic heterocycles. The molecule has 0 fully saturated rings. The Hall–Kier alpha value is -1.79. The van der Waals surface area contributed by atoms with Gasteiger partial charge in [-0.25, -0.2) is 0 Å². The van der Waals surface area contributed by atoms with E-state index in [1.807, 2.05) is 32.0 Å². The summed E-state index contributed by atoms with van der Waals surface area (Å²) in [5.74, 6) is 1.12. The van der Waals surface area contributed by atoms with Crippen LogP contribution in [0.25, 0.3) is 0 Å². The molecule has 1 atom stereocenters. The van der Waals surface area contributed by atoms with E-state index >= 15 is 0 Å². The SMILES string of the molecule is CCCOc1ccc(CN[C@H](CCOC(C)C)C(=O)OC)cc1OC.